The fourth-order valence-corrected chi connectivity index (χ4v) is 3.18. The van der Waals surface area contributed by atoms with Gasteiger partial charge in [-0.3, -0.25) is 4.79 Å². The summed E-state index contributed by atoms with van der Waals surface area (Å²) >= 11 is 1.62. The molecule has 0 fully saturated rings. The number of oxime groups is 1. The van der Waals surface area contributed by atoms with E-state index in [1.807, 2.05) is 30.5 Å². The molecule has 0 aliphatic carbocycles. The van der Waals surface area contributed by atoms with Gasteiger partial charge in [-0.15, -0.1) is 11.3 Å². The van der Waals surface area contributed by atoms with Crippen LogP contribution in [0, 0.1) is 0 Å². The Morgan fingerprint density at radius 1 is 1.39 bits per heavy atom. The van der Waals surface area contributed by atoms with Gasteiger partial charge in [0.05, 0.1) is 23.0 Å². The molecule has 5 nitrogen and oxygen atoms in total. The third-order valence-corrected chi connectivity index (χ3v) is 4.57. The van der Waals surface area contributed by atoms with Crippen LogP contribution in [0.4, 0.5) is 0 Å². The zero-order valence-corrected chi connectivity index (χ0v) is 13.8. The van der Waals surface area contributed by atoms with Crippen LogP contribution in [0.5, 0.6) is 0 Å². The second-order valence-corrected chi connectivity index (χ2v) is 6.36. The van der Waals surface area contributed by atoms with Gasteiger partial charge in [-0.05, 0) is 12.0 Å². The van der Waals surface area contributed by atoms with Crippen LogP contribution in [-0.2, 0) is 22.6 Å². The average Bonchev–Trinajstić information content (AvgIpc) is 3.23. The number of aromatic nitrogens is 1. The molecule has 0 saturated heterocycles. The summed E-state index contributed by atoms with van der Waals surface area (Å²) < 4.78 is 0. The molecule has 1 aromatic heterocycles. The first kappa shape index (κ1) is 15.7. The molecule has 1 aliphatic heterocycles. The average molecular weight is 329 g/mol. The van der Waals surface area contributed by atoms with Crippen molar-refractivity contribution in [2.75, 3.05) is 0 Å². The molecule has 0 spiro atoms. The summed E-state index contributed by atoms with van der Waals surface area (Å²) in [6.07, 6.45) is 1.73. The van der Waals surface area contributed by atoms with Gasteiger partial charge < -0.3 is 10.2 Å². The molecule has 23 heavy (non-hydrogen) atoms. The molecule has 1 atom stereocenters. The number of hydrogen-bond donors (Lipinski definition) is 1. The maximum Gasteiger partial charge on any atom is 0.264 e. The molecule has 0 bridgehead atoms. The van der Waals surface area contributed by atoms with Crippen molar-refractivity contribution in [1.29, 1.82) is 0 Å². The van der Waals surface area contributed by atoms with E-state index < -0.39 is 6.10 Å². The van der Waals surface area contributed by atoms with E-state index in [0.717, 1.165) is 29.3 Å². The summed E-state index contributed by atoms with van der Waals surface area (Å²) in [5, 5.41) is 9.81. The lowest BCUT2D eigenvalue weighted by molar-refractivity contribution is -0.131. The third-order valence-electron chi connectivity index (χ3n) is 3.67. The Bertz CT molecular complexity index is 697. The van der Waals surface area contributed by atoms with E-state index in [2.05, 4.69) is 27.6 Å². The number of rotatable bonds is 6. The number of nitrogens with one attached hydrogen (secondary N) is 1. The van der Waals surface area contributed by atoms with E-state index in [1.165, 1.54) is 5.56 Å². The highest BCUT2D eigenvalue weighted by atomic mass is 32.1. The van der Waals surface area contributed by atoms with Crippen molar-refractivity contribution >= 4 is 23.0 Å². The second-order valence-electron chi connectivity index (χ2n) is 5.42. The van der Waals surface area contributed by atoms with Crippen LogP contribution in [-0.4, -0.2) is 22.7 Å². The van der Waals surface area contributed by atoms with Gasteiger partial charge in [-0.25, -0.2) is 4.98 Å². The number of amides is 1. The summed E-state index contributed by atoms with van der Waals surface area (Å²) in [5.74, 6) is -0.130. The first-order chi connectivity index (χ1) is 11.2. The van der Waals surface area contributed by atoms with Crippen molar-refractivity contribution < 1.29 is 9.63 Å². The first-order valence-electron chi connectivity index (χ1n) is 7.71. The van der Waals surface area contributed by atoms with Crippen molar-refractivity contribution in [3.05, 3.63) is 52.0 Å². The zero-order valence-electron chi connectivity index (χ0n) is 13.0. The SMILES string of the molecule is CCC1=NOC(C(=O)NCc2csc(Cc3ccccc3)n2)C1. The van der Waals surface area contributed by atoms with Gasteiger partial charge in [0, 0.05) is 18.2 Å². The van der Waals surface area contributed by atoms with Gasteiger partial charge in [-0.2, -0.15) is 0 Å². The number of thiazole rings is 1. The highest BCUT2D eigenvalue weighted by Crippen LogP contribution is 2.16. The van der Waals surface area contributed by atoms with Crippen LogP contribution >= 0.6 is 11.3 Å². The van der Waals surface area contributed by atoms with Gasteiger partial charge in [-0.1, -0.05) is 42.4 Å². The van der Waals surface area contributed by atoms with Gasteiger partial charge in [0.1, 0.15) is 0 Å². The monoisotopic (exact) mass is 329 g/mol. The minimum absolute atomic E-state index is 0.130. The van der Waals surface area contributed by atoms with E-state index in [-0.39, 0.29) is 5.91 Å². The summed E-state index contributed by atoms with van der Waals surface area (Å²) in [6.45, 7) is 2.43. The Morgan fingerprint density at radius 3 is 2.96 bits per heavy atom. The minimum atomic E-state index is -0.493. The lowest BCUT2D eigenvalue weighted by atomic mass is 10.1. The lowest BCUT2D eigenvalue weighted by Crippen LogP contribution is -2.34. The molecule has 1 aliphatic rings. The molecule has 1 unspecified atom stereocenters. The molecular weight excluding hydrogens is 310 g/mol. The number of carbonyl (C=O) groups is 1. The van der Waals surface area contributed by atoms with Crippen LogP contribution in [0.1, 0.15) is 36.0 Å². The lowest BCUT2D eigenvalue weighted by Gasteiger charge is -2.08. The van der Waals surface area contributed by atoms with Crippen molar-refractivity contribution in [2.24, 2.45) is 5.16 Å². The summed E-state index contributed by atoms with van der Waals surface area (Å²) in [7, 11) is 0. The molecule has 1 amide bonds. The van der Waals surface area contributed by atoms with Gasteiger partial charge in [0.2, 0.25) is 6.10 Å². The predicted molar refractivity (Wildman–Crippen MR) is 90.4 cm³/mol. The van der Waals surface area contributed by atoms with Crippen LogP contribution in [0.3, 0.4) is 0 Å². The molecule has 2 aromatic rings. The van der Waals surface area contributed by atoms with E-state index in [4.69, 9.17) is 4.84 Å². The second kappa shape index (κ2) is 7.37. The van der Waals surface area contributed by atoms with E-state index in [0.29, 0.717) is 13.0 Å². The van der Waals surface area contributed by atoms with Crippen LogP contribution in [0.15, 0.2) is 40.9 Å². The van der Waals surface area contributed by atoms with Crippen LogP contribution in [0.25, 0.3) is 0 Å². The molecule has 0 radical (unpaired) electrons. The largest absolute Gasteiger partial charge is 0.382 e. The Hall–Kier alpha value is -2.21. The van der Waals surface area contributed by atoms with Crippen molar-refractivity contribution in [3.8, 4) is 0 Å². The standard InChI is InChI=1S/C17H19N3O2S/c1-2-13-9-15(22-20-13)17(21)18-10-14-11-23-16(19-14)8-12-6-4-3-5-7-12/h3-7,11,15H,2,8-10H2,1H3,(H,18,21). The van der Waals surface area contributed by atoms with E-state index >= 15 is 0 Å². The molecule has 0 saturated carbocycles. The first-order valence-corrected chi connectivity index (χ1v) is 8.59. The van der Waals surface area contributed by atoms with Gasteiger partial charge >= 0.3 is 0 Å². The minimum Gasteiger partial charge on any atom is -0.382 e. The molecule has 120 valence electrons. The molecule has 6 heteroatoms. The summed E-state index contributed by atoms with van der Waals surface area (Å²) in [4.78, 5) is 21.8. The summed E-state index contributed by atoms with van der Waals surface area (Å²) in [5.41, 5.74) is 3.05. The Labute approximate surface area is 139 Å². The van der Waals surface area contributed by atoms with Crippen LogP contribution in [0.2, 0.25) is 0 Å². The van der Waals surface area contributed by atoms with Crippen molar-refractivity contribution in [1.82, 2.24) is 10.3 Å². The maximum atomic E-state index is 12.0. The smallest absolute Gasteiger partial charge is 0.264 e. The molecular formula is C17H19N3O2S. The molecule has 2 heterocycles. The highest BCUT2D eigenvalue weighted by molar-refractivity contribution is 7.09. The van der Waals surface area contributed by atoms with Crippen molar-refractivity contribution in [3.63, 3.8) is 0 Å². The Morgan fingerprint density at radius 2 is 2.22 bits per heavy atom. The molecule has 1 N–H and O–H groups in total. The quantitative estimate of drug-likeness (QED) is 0.886. The summed E-state index contributed by atoms with van der Waals surface area (Å²) in [6, 6.07) is 10.2. The third kappa shape index (κ3) is 4.16. The number of carbonyl (C=O) groups excluding carboxylic acids is 1. The van der Waals surface area contributed by atoms with Crippen molar-refractivity contribution in [2.45, 2.75) is 38.8 Å². The predicted octanol–water partition coefficient (Wildman–Crippen LogP) is 2.91. The zero-order chi connectivity index (χ0) is 16.1. The molecule has 3 rings (SSSR count). The van der Waals surface area contributed by atoms with E-state index in [9.17, 15) is 4.79 Å². The Balaban J connectivity index is 1.49. The topological polar surface area (TPSA) is 63.6 Å². The van der Waals surface area contributed by atoms with E-state index in [1.54, 1.807) is 11.3 Å². The fraction of sp³-hybridized carbons (Fsp3) is 0.353. The number of hydrogen-bond acceptors (Lipinski definition) is 5. The Kier molecular flexibility index (Phi) is 5.02. The normalized spacial score (nSPS) is 16.7. The molecule has 1 aromatic carbocycles. The fourth-order valence-electron chi connectivity index (χ4n) is 2.35. The van der Waals surface area contributed by atoms with Gasteiger partial charge in [0.15, 0.2) is 0 Å². The maximum absolute atomic E-state index is 12.0. The highest BCUT2D eigenvalue weighted by Gasteiger charge is 2.26. The number of benzene rings is 1. The number of nitrogens with zero attached hydrogens (tertiary/aromatic N) is 2. The van der Waals surface area contributed by atoms with Gasteiger partial charge in [0.25, 0.3) is 5.91 Å². The van der Waals surface area contributed by atoms with Crippen LogP contribution < -0.4 is 5.32 Å².